The van der Waals surface area contributed by atoms with Gasteiger partial charge in [-0.3, -0.25) is 9.69 Å². The fourth-order valence-electron chi connectivity index (χ4n) is 2.89. The third kappa shape index (κ3) is 6.46. The highest BCUT2D eigenvalue weighted by Gasteiger charge is 2.18. The average Bonchev–Trinajstić information content (AvgIpc) is 3.16. The van der Waals surface area contributed by atoms with E-state index in [1.54, 1.807) is 7.11 Å². The summed E-state index contributed by atoms with van der Waals surface area (Å²) in [5.41, 5.74) is 2.90. The largest absolute Gasteiger partial charge is 0.447 e. The summed E-state index contributed by atoms with van der Waals surface area (Å²) >= 11 is 0. The summed E-state index contributed by atoms with van der Waals surface area (Å²) in [7, 11) is 1.60. The quantitative estimate of drug-likeness (QED) is 0.591. The minimum atomic E-state index is -0.244. The number of benzene rings is 1. The van der Waals surface area contributed by atoms with E-state index in [9.17, 15) is 4.79 Å². The lowest BCUT2D eigenvalue weighted by Crippen LogP contribution is -2.32. The van der Waals surface area contributed by atoms with Crippen LogP contribution in [0.25, 0.3) is 0 Å². The molecule has 0 aliphatic rings. The van der Waals surface area contributed by atoms with Gasteiger partial charge in [-0.2, -0.15) is 0 Å². The molecule has 0 saturated carbocycles. The molecule has 1 atom stereocenters. The van der Waals surface area contributed by atoms with Gasteiger partial charge in [-0.25, -0.2) is 4.98 Å². The Morgan fingerprint density at radius 2 is 1.93 bits per heavy atom. The van der Waals surface area contributed by atoms with Crippen LogP contribution in [0.1, 0.15) is 67.5 Å². The molecule has 1 amide bonds. The number of ether oxygens (including phenoxy) is 1. The Morgan fingerprint density at radius 3 is 2.54 bits per heavy atom. The van der Waals surface area contributed by atoms with E-state index < -0.39 is 0 Å². The molecule has 0 saturated heterocycles. The zero-order valence-corrected chi connectivity index (χ0v) is 17.7. The van der Waals surface area contributed by atoms with Gasteiger partial charge in [0.2, 0.25) is 5.89 Å². The molecule has 0 bridgehead atoms. The van der Waals surface area contributed by atoms with E-state index in [0.29, 0.717) is 43.2 Å². The minimum Gasteiger partial charge on any atom is -0.447 e. The van der Waals surface area contributed by atoms with Crippen LogP contribution in [0.15, 0.2) is 34.9 Å². The molecule has 2 aromatic rings. The third-order valence-electron chi connectivity index (χ3n) is 4.96. The number of carbonyl (C=O) groups excluding carboxylic acids is 1. The maximum absolute atomic E-state index is 12.1. The van der Waals surface area contributed by atoms with Crippen molar-refractivity contribution in [2.45, 2.75) is 59.2 Å². The van der Waals surface area contributed by atoms with Crippen LogP contribution in [0.3, 0.4) is 0 Å². The first-order chi connectivity index (χ1) is 13.4. The molecule has 0 aliphatic heterocycles. The van der Waals surface area contributed by atoms with Crippen molar-refractivity contribution in [3.8, 4) is 0 Å². The van der Waals surface area contributed by atoms with Crippen LogP contribution in [-0.4, -0.2) is 42.1 Å². The summed E-state index contributed by atoms with van der Waals surface area (Å²) in [5.74, 6) is 0.836. The Morgan fingerprint density at radius 1 is 1.21 bits per heavy atom. The van der Waals surface area contributed by atoms with Gasteiger partial charge in [0, 0.05) is 26.2 Å². The number of nitrogens with zero attached hydrogens (tertiary/aromatic N) is 2. The molecule has 28 heavy (non-hydrogen) atoms. The second-order valence-corrected chi connectivity index (χ2v) is 7.43. The molecular formula is C22H33N3O3. The van der Waals surface area contributed by atoms with Crippen LogP contribution < -0.4 is 5.32 Å². The molecule has 6 nitrogen and oxygen atoms in total. The van der Waals surface area contributed by atoms with E-state index in [4.69, 9.17) is 9.15 Å². The second-order valence-electron chi connectivity index (χ2n) is 7.43. The number of aromatic nitrogens is 1. The van der Waals surface area contributed by atoms with Crippen LogP contribution in [0, 0.1) is 0 Å². The zero-order valence-electron chi connectivity index (χ0n) is 17.7. The first-order valence-electron chi connectivity index (χ1n) is 9.99. The SMILES string of the molecule is CC[C@@H](C)N(Cc1ccc(C(C)C)cc1)Cc1nc(C(=O)NCCOC)co1. The van der Waals surface area contributed by atoms with E-state index in [1.807, 2.05) is 0 Å². The Hall–Kier alpha value is -2.18. The third-order valence-corrected chi connectivity index (χ3v) is 4.96. The van der Waals surface area contributed by atoms with E-state index in [2.05, 4.69) is 67.2 Å². The molecule has 1 aromatic heterocycles. The molecule has 154 valence electrons. The van der Waals surface area contributed by atoms with E-state index >= 15 is 0 Å². The maximum Gasteiger partial charge on any atom is 0.273 e. The first-order valence-corrected chi connectivity index (χ1v) is 9.99. The molecule has 0 fully saturated rings. The van der Waals surface area contributed by atoms with E-state index in [-0.39, 0.29) is 5.91 Å². The molecule has 1 N–H and O–H groups in total. The predicted molar refractivity (Wildman–Crippen MR) is 110 cm³/mol. The van der Waals surface area contributed by atoms with Gasteiger partial charge in [-0.1, -0.05) is 45.0 Å². The minimum absolute atomic E-state index is 0.244. The average molecular weight is 388 g/mol. The van der Waals surface area contributed by atoms with Crippen molar-refractivity contribution in [1.82, 2.24) is 15.2 Å². The van der Waals surface area contributed by atoms with Crippen molar-refractivity contribution < 1.29 is 13.9 Å². The Labute approximate surface area is 168 Å². The summed E-state index contributed by atoms with van der Waals surface area (Å²) in [4.78, 5) is 18.8. The van der Waals surface area contributed by atoms with E-state index in [0.717, 1.165) is 13.0 Å². The lowest BCUT2D eigenvalue weighted by atomic mass is 10.0. The topological polar surface area (TPSA) is 67.6 Å². The number of oxazole rings is 1. The van der Waals surface area contributed by atoms with Gasteiger partial charge in [0.05, 0.1) is 13.2 Å². The van der Waals surface area contributed by atoms with Gasteiger partial charge < -0.3 is 14.5 Å². The molecule has 6 heteroatoms. The highest BCUT2D eigenvalue weighted by Crippen LogP contribution is 2.18. The second kappa shape index (κ2) is 11.0. The number of hydrogen-bond acceptors (Lipinski definition) is 5. The van der Waals surface area contributed by atoms with Gasteiger partial charge in [0.1, 0.15) is 6.26 Å². The number of amides is 1. The van der Waals surface area contributed by atoms with E-state index in [1.165, 1.54) is 17.4 Å². The lowest BCUT2D eigenvalue weighted by molar-refractivity contribution is 0.0932. The number of hydrogen-bond donors (Lipinski definition) is 1. The van der Waals surface area contributed by atoms with Crippen LogP contribution in [0.5, 0.6) is 0 Å². The summed E-state index contributed by atoms with van der Waals surface area (Å²) < 4.78 is 10.5. The number of nitrogens with one attached hydrogen (secondary N) is 1. The maximum atomic E-state index is 12.1. The molecular weight excluding hydrogens is 354 g/mol. The molecule has 0 spiro atoms. The number of methoxy groups -OCH3 is 1. The van der Waals surface area contributed by atoms with Gasteiger partial charge in [-0.05, 0) is 30.4 Å². The van der Waals surface area contributed by atoms with Crippen molar-refractivity contribution in [3.05, 3.63) is 53.2 Å². The molecule has 2 rings (SSSR count). The molecule has 0 radical (unpaired) electrons. The van der Waals surface area contributed by atoms with Gasteiger partial charge in [0.15, 0.2) is 5.69 Å². The van der Waals surface area contributed by atoms with Crippen LogP contribution in [0.4, 0.5) is 0 Å². The fraction of sp³-hybridized carbons (Fsp3) is 0.545. The molecule has 0 unspecified atom stereocenters. The number of carbonyl (C=O) groups is 1. The normalized spacial score (nSPS) is 12.5. The van der Waals surface area contributed by atoms with Crippen molar-refractivity contribution in [2.24, 2.45) is 0 Å². The van der Waals surface area contributed by atoms with Crippen molar-refractivity contribution in [1.29, 1.82) is 0 Å². The number of rotatable bonds is 11. The Balaban J connectivity index is 2.03. The zero-order chi connectivity index (χ0) is 20.5. The molecule has 1 heterocycles. The summed E-state index contributed by atoms with van der Waals surface area (Å²) in [5, 5.41) is 2.75. The van der Waals surface area contributed by atoms with Crippen molar-refractivity contribution in [3.63, 3.8) is 0 Å². The van der Waals surface area contributed by atoms with Crippen molar-refractivity contribution >= 4 is 5.91 Å². The van der Waals surface area contributed by atoms with Gasteiger partial charge in [-0.15, -0.1) is 0 Å². The predicted octanol–water partition coefficient (Wildman–Crippen LogP) is 3.97. The lowest BCUT2D eigenvalue weighted by Gasteiger charge is -2.27. The highest BCUT2D eigenvalue weighted by atomic mass is 16.5. The standard InChI is InChI=1S/C22H33N3O3/c1-6-17(4)25(13-18-7-9-19(10-8-18)16(2)3)14-21-24-20(15-28-21)22(26)23-11-12-27-5/h7-10,15-17H,6,11-14H2,1-5H3,(H,23,26)/t17-/m1/s1. The molecule has 0 aliphatic carbocycles. The van der Waals surface area contributed by atoms with Crippen molar-refractivity contribution in [2.75, 3.05) is 20.3 Å². The highest BCUT2D eigenvalue weighted by molar-refractivity contribution is 5.91. The van der Waals surface area contributed by atoms with Gasteiger partial charge in [0.25, 0.3) is 5.91 Å². The smallest absolute Gasteiger partial charge is 0.273 e. The Bertz CT molecular complexity index is 725. The first kappa shape index (κ1) is 22.1. The summed E-state index contributed by atoms with van der Waals surface area (Å²) in [6.45, 7) is 11.1. The Kier molecular flexibility index (Phi) is 8.67. The van der Waals surface area contributed by atoms with Crippen LogP contribution in [-0.2, 0) is 17.8 Å². The van der Waals surface area contributed by atoms with Gasteiger partial charge >= 0.3 is 0 Å². The fourth-order valence-corrected chi connectivity index (χ4v) is 2.89. The molecule has 1 aromatic carbocycles. The van der Waals surface area contributed by atoms with Crippen LogP contribution >= 0.6 is 0 Å². The monoisotopic (exact) mass is 387 g/mol. The summed E-state index contributed by atoms with van der Waals surface area (Å²) in [6.07, 6.45) is 2.44. The summed E-state index contributed by atoms with van der Waals surface area (Å²) in [6, 6.07) is 9.14. The van der Waals surface area contributed by atoms with Crippen LogP contribution in [0.2, 0.25) is 0 Å².